The lowest BCUT2D eigenvalue weighted by atomic mass is 10.2. The summed E-state index contributed by atoms with van der Waals surface area (Å²) < 4.78 is 27.5. The molecule has 1 aromatic rings. The number of rotatable bonds is 7. The number of nitrogens with zero attached hydrogens (tertiary/aromatic N) is 4. The third-order valence-electron chi connectivity index (χ3n) is 3.85. The molecule has 0 saturated carbocycles. The Labute approximate surface area is 126 Å². The second kappa shape index (κ2) is 6.85. The lowest BCUT2D eigenvalue weighted by Crippen LogP contribution is -2.35. The molecule has 21 heavy (non-hydrogen) atoms. The van der Waals surface area contributed by atoms with Gasteiger partial charge in [-0.3, -0.25) is 4.90 Å². The molecule has 1 atom stereocenters. The van der Waals surface area contributed by atoms with Crippen LogP contribution < -0.4 is 0 Å². The van der Waals surface area contributed by atoms with Crippen molar-refractivity contribution in [3.05, 3.63) is 11.7 Å². The topological polar surface area (TPSA) is 79.5 Å². The molecule has 1 fully saturated rings. The lowest BCUT2D eigenvalue weighted by Gasteiger charge is -2.23. The molecular formula is C13H24N4O3S. The van der Waals surface area contributed by atoms with Crippen molar-refractivity contribution in [2.75, 3.05) is 38.7 Å². The number of aromatic nitrogens is 2. The first-order valence-electron chi connectivity index (χ1n) is 7.29. The second-order valence-corrected chi connectivity index (χ2v) is 8.01. The molecule has 0 amide bonds. The first kappa shape index (κ1) is 16.4. The van der Waals surface area contributed by atoms with E-state index in [-0.39, 0.29) is 5.75 Å². The van der Waals surface area contributed by atoms with Gasteiger partial charge >= 0.3 is 0 Å². The molecule has 0 unspecified atom stereocenters. The molecule has 0 spiro atoms. The number of likely N-dealkylation sites (tertiary alicyclic amines) is 1. The summed E-state index contributed by atoms with van der Waals surface area (Å²) in [7, 11) is -0.837. The number of sulfone groups is 1. The molecule has 2 rings (SSSR count). The van der Waals surface area contributed by atoms with E-state index >= 15 is 0 Å². The predicted molar refractivity (Wildman–Crippen MR) is 79.7 cm³/mol. The predicted octanol–water partition coefficient (Wildman–Crippen LogP) is 0.183. The van der Waals surface area contributed by atoms with Gasteiger partial charge in [-0.15, -0.1) is 0 Å². The van der Waals surface area contributed by atoms with Crippen LogP contribution in [0.15, 0.2) is 4.52 Å². The van der Waals surface area contributed by atoms with Crippen molar-refractivity contribution >= 4 is 9.84 Å². The Morgan fingerprint density at radius 1 is 1.48 bits per heavy atom. The summed E-state index contributed by atoms with van der Waals surface area (Å²) in [4.78, 5) is 8.73. The third-order valence-corrected chi connectivity index (χ3v) is 4.78. The van der Waals surface area contributed by atoms with Crippen molar-refractivity contribution < 1.29 is 12.9 Å². The van der Waals surface area contributed by atoms with Crippen LogP contribution in [-0.4, -0.2) is 73.1 Å². The Hall–Kier alpha value is -0.990. The Morgan fingerprint density at radius 3 is 2.86 bits per heavy atom. The number of hydrogen-bond acceptors (Lipinski definition) is 7. The first-order valence-corrected chi connectivity index (χ1v) is 9.35. The van der Waals surface area contributed by atoms with Crippen LogP contribution in [0.25, 0.3) is 0 Å². The summed E-state index contributed by atoms with van der Waals surface area (Å²) in [6.45, 7) is 5.10. The second-order valence-electron chi connectivity index (χ2n) is 5.75. The normalized spacial score (nSPS) is 20.5. The van der Waals surface area contributed by atoms with Crippen LogP contribution in [0.3, 0.4) is 0 Å². The molecule has 0 aliphatic carbocycles. The van der Waals surface area contributed by atoms with Crippen molar-refractivity contribution in [3.8, 4) is 0 Å². The SMILES string of the molecule is CCc1nc(CN(C)[C@@H]2CCN(CCS(C)(=O)=O)C2)no1. The van der Waals surface area contributed by atoms with Gasteiger partial charge in [0.25, 0.3) is 0 Å². The van der Waals surface area contributed by atoms with Gasteiger partial charge in [-0.2, -0.15) is 4.98 Å². The van der Waals surface area contributed by atoms with Crippen molar-refractivity contribution in [3.63, 3.8) is 0 Å². The van der Waals surface area contributed by atoms with Crippen LogP contribution in [-0.2, 0) is 22.8 Å². The van der Waals surface area contributed by atoms with Crippen LogP contribution in [0.4, 0.5) is 0 Å². The number of hydrogen-bond donors (Lipinski definition) is 0. The number of aryl methyl sites for hydroxylation is 1. The largest absolute Gasteiger partial charge is 0.339 e. The van der Waals surface area contributed by atoms with Crippen molar-refractivity contribution in [1.29, 1.82) is 0 Å². The van der Waals surface area contributed by atoms with Crippen LogP contribution in [0.2, 0.25) is 0 Å². The zero-order valence-electron chi connectivity index (χ0n) is 12.9. The molecule has 0 aromatic carbocycles. The molecule has 0 N–H and O–H groups in total. The molecule has 1 aliphatic rings. The molecule has 120 valence electrons. The van der Waals surface area contributed by atoms with E-state index in [0.717, 1.165) is 25.9 Å². The number of likely N-dealkylation sites (N-methyl/N-ethyl adjacent to an activating group) is 1. The highest BCUT2D eigenvalue weighted by atomic mass is 32.2. The zero-order chi connectivity index (χ0) is 15.5. The fraction of sp³-hybridized carbons (Fsp3) is 0.846. The Bertz CT molecular complexity index is 558. The van der Waals surface area contributed by atoms with Gasteiger partial charge < -0.3 is 9.42 Å². The van der Waals surface area contributed by atoms with Gasteiger partial charge in [-0.25, -0.2) is 8.42 Å². The molecular weight excluding hydrogens is 292 g/mol. The highest BCUT2D eigenvalue weighted by Gasteiger charge is 2.26. The van der Waals surface area contributed by atoms with Gasteiger partial charge in [0.05, 0.1) is 12.3 Å². The Morgan fingerprint density at radius 2 is 2.24 bits per heavy atom. The first-order chi connectivity index (χ1) is 9.87. The molecule has 1 aromatic heterocycles. The minimum absolute atomic E-state index is 0.230. The fourth-order valence-corrected chi connectivity index (χ4v) is 3.11. The highest BCUT2D eigenvalue weighted by Crippen LogP contribution is 2.16. The summed E-state index contributed by atoms with van der Waals surface area (Å²) in [6, 6.07) is 0.410. The van der Waals surface area contributed by atoms with Crippen molar-refractivity contribution in [2.24, 2.45) is 0 Å². The summed E-state index contributed by atoms with van der Waals surface area (Å²) in [5, 5.41) is 3.97. The molecule has 2 heterocycles. The minimum Gasteiger partial charge on any atom is -0.339 e. The van der Waals surface area contributed by atoms with Gasteiger partial charge in [0.1, 0.15) is 9.84 Å². The van der Waals surface area contributed by atoms with E-state index in [1.54, 1.807) is 0 Å². The van der Waals surface area contributed by atoms with E-state index in [1.165, 1.54) is 6.26 Å². The fourth-order valence-electron chi connectivity index (χ4n) is 2.52. The summed E-state index contributed by atoms with van der Waals surface area (Å²) >= 11 is 0. The summed E-state index contributed by atoms with van der Waals surface area (Å²) in [5.41, 5.74) is 0. The van der Waals surface area contributed by atoms with E-state index < -0.39 is 9.84 Å². The average molecular weight is 316 g/mol. The van der Waals surface area contributed by atoms with Crippen LogP contribution in [0, 0.1) is 0 Å². The van der Waals surface area contributed by atoms with Crippen LogP contribution in [0.1, 0.15) is 25.1 Å². The molecule has 0 bridgehead atoms. The van der Waals surface area contributed by atoms with Crippen molar-refractivity contribution in [1.82, 2.24) is 19.9 Å². The summed E-state index contributed by atoms with van der Waals surface area (Å²) in [5.74, 6) is 1.61. The molecule has 0 radical (unpaired) electrons. The lowest BCUT2D eigenvalue weighted by molar-refractivity contribution is 0.220. The minimum atomic E-state index is -2.89. The molecule has 7 nitrogen and oxygen atoms in total. The van der Waals surface area contributed by atoms with Crippen LogP contribution >= 0.6 is 0 Å². The smallest absolute Gasteiger partial charge is 0.226 e. The maximum absolute atomic E-state index is 11.2. The Balaban J connectivity index is 1.80. The van der Waals surface area contributed by atoms with Gasteiger partial charge in [0.15, 0.2) is 5.82 Å². The maximum Gasteiger partial charge on any atom is 0.226 e. The molecule has 1 saturated heterocycles. The Kier molecular flexibility index (Phi) is 5.34. The highest BCUT2D eigenvalue weighted by molar-refractivity contribution is 7.90. The molecule has 1 aliphatic heterocycles. The average Bonchev–Trinajstić information content (AvgIpc) is 3.04. The van der Waals surface area contributed by atoms with Crippen molar-refractivity contribution in [2.45, 2.75) is 32.4 Å². The van der Waals surface area contributed by atoms with Gasteiger partial charge in [0, 0.05) is 31.8 Å². The third kappa shape index (κ3) is 5.05. The van der Waals surface area contributed by atoms with E-state index in [4.69, 9.17) is 4.52 Å². The van der Waals surface area contributed by atoms with E-state index in [0.29, 0.717) is 30.8 Å². The maximum atomic E-state index is 11.2. The molecule has 8 heteroatoms. The standard InChI is InChI=1S/C13H24N4O3S/c1-4-13-14-12(15-20-13)10-16(2)11-5-6-17(9-11)7-8-21(3,18)19/h11H,4-10H2,1-3H3/t11-/m1/s1. The monoisotopic (exact) mass is 316 g/mol. The summed E-state index contributed by atoms with van der Waals surface area (Å²) in [6.07, 6.45) is 3.08. The zero-order valence-corrected chi connectivity index (χ0v) is 13.8. The van der Waals surface area contributed by atoms with E-state index in [1.807, 2.05) is 14.0 Å². The van der Waals surface area contributed by atoms with E-state index in [2.05, 4.69) is 19.9 Å². The quantitative estimate of drug-likeness (QED) is 0.710. The van der Waals surface area contributed by atoms with Gasteiger partial charge in [0.2, 0.25) is 5.89 Å². The van der Waals surface area contributed by atoms with Gasteiger partial charge in [-0.05, 0) is 20.0 Å². The van der Waals surface area contributed by atoms with Crippen LogP contribution in [0.5, 0.6) is 0 Å². The van der Waals surface area contributed by atoms with E-state index in [9.17, 15) is 8.42 Å². The van der Waals surface area contributed by atoms with Gasteiger partial charge in [-0.1, -0.05) is 12.1 Å².